The smallest absolute Gasteiger partial charge is 0.333 e. The van der Waals surface area contributed by atoms with Crippen LogP contribution >= 0.6 is 21.6 Å². The Labute approximate surface area is 177 Å². The van der Waals surface area contributed by atoms with Crippen molar-refractivity contribution >= 4 is 45.3 Å². The van der Waals surface area contributed by atoms with Gasteiger partial charge in [0.15, 0.2) is 0 Å². The molecule has 1 N–H and O–H groups in total. The number of carbonyl (C=O) groups excluding carboxylic acids is 4. The van der Waals surface area contributed by atoms with E-state index in [1.165, 1.54) is 0 Å². The molecule has 1 saturated heterocycles. The number of pyridine rings is 1. The van der Waals surface area contributed by atoms with Crippen molar-refractivity contribution in [3.8, 4) is 0 Å². The molecule has 1 fully saturated rings. The highest BCUT2D eigenvalue weighted by molar-refractivity contribution is 8.76. The van der Waals surface area contributed by atoms with Gasteiger partial charge in [0, 0.05) is 43.7 Å². The summed E-state index contributed by atoms with van der Waals surface area (Å²) in [5.41, 5.74) is 0. The maximum atomic E-state index is 12.0. The van der Waals surface area contributed by atoms with Crippen LogP contribution in [0.15, 0.2) is 29.4 Å². The second kappa shape index (κ2) is 12.5. The molecule has 1 unspecified atom stereocenters. The van der Waals surface area contributed by atoms with Gasteiger partial charge in [0.2, 0.25) is 5.91 Å². The highest BCUT2D eigenvalue weighted by atomic mass is 33.1. The zero-order chi connectivity index (χ0) is 21.1. The van der Waals surface area contributed by atoms with Crippen LogP contribution in [0.4, 0.5) is 0 Å². The average Bonchev–Trinajstić information content (AvgIpc) is 3.01. The molecule has 1 aromatic heterocycles. The number of unbranched alkanes of at least 4 members (excludes halogenated alkanes) is 2. The summed E-state index contributed by atoms with van der Waals surface area (Å²) in [5, 5.41) is 4.52. The molecular weight excluding hydrogens is 414 g/mol. The summed E-state index contributed by atoms with van der Waals surface area (Å²) < 4.78 is 0. The fourth-order valence-corrected chi connectivity index (χ4v) is 4.51. The van der Waals surface area contributed by atoms with E-state index in [9.17, 15) is 19.2 Å². The molecule has 0 radical (unpaired) electrons. The van der Waals surface area contributed by atoms with E-state index in [2.05, 4.69) is 10.3 Å². The Morgan fingerprint density at radius 3 is 2.66 bits per heavy atom. The molecule has 0 aliphatic carbocycles. The average molecular weight is 440 g/mol. The first-order chi connectivity index (χ1) is 14.0. The van der Waals surface area contributed by atoms with Crippen molar-refractivity contribution in [3.05, 3.63) is 24.4 Å². The summed E-state index contributed by atoms with van der Waals surface area (Å²) in [6.07, 6.45) is 4.51. The predicted octanol–water partition coefficient (Wildman–Crippen LogP) is 2.88. The van der Waals surface area contributed by atoms with Crippen LogP contribution in [-0.2, 0) is 24.0 Å². The molecule has 29 heavy (non-hydrogen) atoms. The first-order valence-corrected chi connectivity index (χ1v) is 11.7. The number of rotatable bonds is 12. The minimum Gasteiger partial charge on any atom is -0.356 e. The summed E-state index contributed by atoms with van der Waals surface area (Å²) in [4.78, 5) is 55.4. The fraction of sp³-hybridized carbons (Fsp3) is 0.526. The van der Waals surface area contributed by atoms with Crippen LogP contribution in [-0.4, -0.2) is 45.5 Å². The zero-order valence-corrected chi connectivity index (χ0v) is 17.9. The normalized spacial score (nSPS) is 14.7. The van der Waals surface area contributed by atoms with Gasteiger partial charge in [-0.25, -0.2) is 9.78 Å². The summed E-state index contributed by atoms with van der Waals surface area (Å²) in [6, 6.07) is 5.73. The number of carbonyl (C=O) groups is 4. The predicted molar refractivity (Wildman–Crippen MR) is 110 cm³/mol. The van der Waals surface area contributed by atoms with E-state index in [1.807, 2.05) is 25.1 Å². The van der Waals surface area contributed by atoms with E-state index in [-0.39, 0.29) is 30.4 Å². The second-order valence-corrected chi connectivity index (χ2v) is 9.23. The molecule has 0 saturated carbocycles. The third-order valence-electron chi connectivity index (χ3n) is 3.99. The van der Waals surface area contributed by atoms with Gasteiger partial charge in [0.05, 0.1) is 0 Å². The first kappa shape index (κ1) is 23.2. The van der Waals surface area contributed by atoms with Crippen molar-refractivity contribution in [1.29, 1.82) is 0 Å². The topological polar surface area (TPSA) is 106 Å². The Bertz CT molecular complexity index is 701. The van der Waals surface area contributed by atoms with E-state index in [0.717, 1.165) is 17.9 Å². The molecule has 0 aromatic carbocycles. The summed E-state index contributed by atoms with van der Waals surface area (Å²) in [6.45, 7) is 2.55. The van der Waals surface area contributed by atoms with Gasteiger partial charge in [0.1, 0.15) is 5.03 Å². The molecule has 3 amide bonds. The van der Waals surface area contributed by atoms with Crippen molar-refractivity contribution in [2.24, 2.45) is 0 Å². The lowest BCUT2D eigenvalue weighted by molar-refractivity contribution is -0.197. The minimum atomic E-state index is -0.589. The Hall–Kier alpha value is -2.07. The van der Waals surface area contributed by atoms with Gasteiger partial charge in [-0.15, -0.1) is 5.06 Å². The number of imide groups is 1. The summed E-state index contributed by atoms with van der Waals surface area (Å²) in [7, 11) is 3.17. The van der Waals surface area contributed by atoms with Crippen LogP contribution in [0.25, 0.3) is 0 Å². The highest BCUT2D eigenvalue weighted by Crippen LogP contribution is 2.33. The largest absolute Gasteiger partial charge is 0.356 e. The van der Waals surface area contributed by atoms with E-state index in [1.54, 1.807) is 27.8 Å². The van der Waals surface area contributed by atoms with Crippen molar-refractivity contribution in [2.75, 3.05) is 6.54 Å². The third-order valence-corrected chi connectivity index (χ3v) is 6.78. The Morgan fingerprint density at radius 2 is 1.97 bits per heavy atom. The maximum absolute atomic E-state index is 12.0. The second-order valence-electron chi connectivity index (χ2n) is 6.57. The Balaban J connectivity index is 1.48. The quantitative estimate of drug-likeness (QED) is 0.301. The van der Waals surface area contributed by atoms with Crippen LogP contribution in [0.3, 0.4) is 0 Å². The molecule has 10 heteroatoms. The van der Waals surface area contributed by atoms with Crippen LogP contribution < -0.4 is 5.32 Å². The monoisotopic (exact) mass is 439 g/mol. The number of nitrogens with one attached hydrogen (secondary N) is 1. The van der Waals surface area contributed by atoms with E-state index < -0.39 is 17.8 Å². The van der Waals surface area contributed by atoms with Gasteiger partial charge in [0.25, 0.3) is 11.8 Å². The van der Waals surface area contributed by atoms with Crippen LogP contribution in [0.2, 0.25) is 0 Å². The lowest BCUT2D eigenvalue weighted by atomic mass is 10.2. The molecule has 1 aliphatic rings. The van der Waals surface area contributed by atoms with Crippen molar-refractivity contribution < 1.29 is 24.0 Å². The lowest BCUT2D eigenvalue weighted by Gasteiger charge is -2.12. The molecule has 1 aliphatic heterocycles. The number of amides is 3. The fourth-order valence-electron chi connectivity index (χ4n) is 2.50. The molecule has 158 valence electrons. The van der Waals surface area contributed by atoms with Crippen LogP contribution in [0, 0.1) is 0 Å². The lowest BCUT2D eigenvalue weighted by Crippen LogP contribution is -2.32. The summed E-state index contributed by atoms with van der Waals surface area (Å²) >= 11 is 0. The number of aromatic nitrogens is 1. The molecule has 2 heterocycles. The van der Waals surface area contributed by atoms with Crippen LogP contribution in [0.5, 0.6) is 0 Å². The maximum Gasteiger partial charge on any atom is 0.333 e. The molecule has 1 aromatic rings. The molecule has 8 nitrogen and oxygen atoms in total. The Kier molecular flexibility index (Phi) is 9.99. The summed E-state index contributed by atoms with van der Waals surface area (Å²) in [5.74, 6) is -1.54. The van der Waals surface area contributed by atoms with Gasteiger partial charge < -0.3 is 10.2 Å². The van der Waals surface area contributed by atoms with Crippen LogP contribution in [0.1, 0.15) is 51.9 Å². The minimum absolute atomic E-state index is 0.00270. The molecule has 0 bridgehead atoms. The number of hydrogen-bond donors (Lipinski definition) is 1. The van der Waals surface area contributed by atoms with Crippen molar-refractivity contribution in [1.82, 2.24) is 15.4 Å². The molecular formula is C19H25N3O5S2. The number of nitrogens with zero attached hydrogens (tertiary/aromatic N) is 2. The van der Waals surface area contributed by atoms with E-state index in [4.69, 9.17) is 4.84 Å². The van der Waals surface area contributed by atoms with Gasteiger partial charge in [-0.05, 0) is 35.8 Å². The Morgan fingerprint density at radius 1 is 1.21 bits per heavy atom. The van der Waals surface area contributed by atoms with Gasteiger partial charge in [-0.1, -0.05) is 30.2 Å². The molecule has 0 spiro atoms. The zero-order valence-electron chi connectivity index (χ0n) is 16.3. The van der Waals surface area contributed by atoms with Gasteiger partial charge in [-0.3, -0.25) is 14.4 Å². The van der Waals surface area contributed by atoms with Crippen molar-refractivity contribution in [2.45, 2.75) is 62.1 Å². The standard InChI is InChI=1S/C19H25N3O5S2/c1-14(28-29-16-7-4-6-12-21-16)13-15(23)20-11-5-2-3-8-19(26)27-22-17(24)9-10-18(22)25/h4,6-7,12,14H,2-3,5,8-11,13H2,1H3,(H,20,23). The first-order valence-electron chi connectivity index (χ1n) is 9.53. The highest BCUT2D eigenvalue weighted by Gasteiger charge is 2.32. The van der Waals surface area contributed by atoms with Crippen molar-refractivity contribution in [3.63, 3.8) is 0 Å². The number of hydrogen-bond acceptors (Lipinski definition) is 8. The molecule has 1 atom stereocenters. The van der Waals surface area contributed by atoms with Gasteiger partial charge in [-0.2, -0.15) is 0 Å². The number of hydroxylamine groups is 2. The third kappa shape index (κ3) is 8.86. The van der Waals surface area contributed by atoms with E-state index >= 15 is 0 Å². The molecule has 2 rings (SSSR count). The van der Waals surface area contributed by atoms with Gasteiger partial charge >= 0.3 is 5.97 Å². The van der Waals surface area contributed by atoms with E-state index in [0.29, 0.717) is 24.4 Å². The SMILES string of the molecule is CC(CC(=O)NCCCCCC(=O)ON1C(=O)CCC1=O)SSc1ccccn1.